The summed E-state index contributed by atoms with van der Waals surface area (Å²) in [5.74, 6) is 0.847. The average molecular weight is 187 g/mol. The molecule has 0 aliphatic carbocycles. The predicted molar refractivity (Wildman–Crippen MR) is 59.6 cm³/mol. The summed E-state index contributed by atoms with van der Waals surface area (Å²) in [6.07, 6.45) is 1.81. The van der Waals surface area contributed by atoms with Crippen LogP contribution in [0.15, 0.2) is 35.8 Å². The third kappa shape index (κ3) is 1.76. The van der Waals surface area contributed by atoms with Gasteiger partial charge in [-0.15, -0.1) is 0 Å². The summed E-state index contributed by atoms with van der Waals surface area (Å²) in [6, 6.07) is 7.94. The molecule has 0 atom stereocenters. The molecule has 0 saturated carbocycles. The zero-order chi connectivity index (χ0) is 9.80. The molecule has 1 aliphatic rings. The van der Waals surface area contributed by atoms with Crippen molar-refractivity contribution >= 4 is 17.7 Å². The van der Waals surface area contributed by atoms with E-state index >= 15 is 0 Å². The monoisotopic (exact) mass is 187 g/mol. The third-order valence-corrected chi connectivity index (χ3v) is 2.10. The molecule has 1 heterocycles. The maximum absolute atomic E-state index is 4.45. The van der Waals surface area contributed by atoms with Crippen molar-refractivity contribution in [3.63, 3.8) is 0 Å². The van der Waals surface area contributed by atoms with Crippen molar-refractivity contribution in [2.75, 3.05) is 13.1 Å². The molecule has 2 N–H and O–H groups in total. The van der Waals surface area contributed by atoms with E-state index in [4.69, 9.17) is 0 Å². The Balaban J connectivity index is 2.31. The Morgan fingerprint density at radius 3 is 2.64 bits per heavy atom. The molecule has 1 aromatic rings. The summed E-state index contributed by atoms with van der Waals surface area (Å²) < 4.78 is 0. The molecular formula is C11H13N3. The minimum Gasteiger partial charge on any atom is -0.354 e. The first-order chi connectivity index (χ1) is 6.90. The molecule has 0 radical (unpaired) electrons. The van der Waals surface area contributed by atoms with Gasteiger partial charge < -0.3 is 10.6 Å². The Bertz CT molecular complexity index is 361. The Morgan fingerprint density at radius 1 is 1.21 bits per heavy atom. The molecule has 0 unspecified atom stereocenters. The number of para-hydroxylation sites is 1. The highest BCUT2D eigenvalue weighted by atomic mass is 15.2. The molecule has 0 amide bonds. The van der Waals surface area contributed by atoms with Crippen LogP contribution in [0, 0.1) is 0 Å². The number of hydrogen-bond acceptors (Lipinski definition) is 1. The highest BCUT2D eigenvalue weighted by Gasteiger charge is 2.05. The van der Waals surface area contributed by atoms with Gasteiger partial charge in [-0.05, 0) is 11.6 Å². The van der Waals surface area contributed by atoms with E-state index in [2.05, 4.69) is 22.2 Å². The van der Waals surface area contributed by atoms with E-state index in [1.807, 2.05) is 30.3 Å². The van der Waals surface area contributed by atoms with Gasteiger partial charge in [0.25, 0.3) is 0 Å². The molecule has 3 heteroatoms. The van der Waals surface area contributed by atoms with Gasteiger partial charge in [0, 0.05) is 13.1 Å². The highest BCUT2D eigenvalue weighted by molar-refractivity contribution is 5.85. The largest absolute Gasteiger partial charge is 0.354 e. The zero-order valence-corrected chi connectivity index (χ0v) is 7.96. The van der Waals surface area contributed by atoms with Gasteiger partial charge in [0.15, 0.2) is 5.96 Å². The maximum Gasteiger partial charge on any atom is 0.196 e. The van der Waals surface area contributed by atoms with Crippen LogP contribution in [0.3, 0.4) is 0 Å². The van der Waals surface area contributed by atoms with Crippen LogP contribution >= 0.6 is 0 Å². The lowest BCUT2D eigenvalue weighted by Crippen LogP contribution is -2.23. The number of guanidine groups is 1. The van der Waals surface area contributed by atoms with Crippen LogP contribution in [0.1, 0.15) is 5.56 Å². The van der Waals surface area contributed by atoms with Crippen LogP contribution in [-0.4, -0.2) is 19.0 Å². The molecule has 1 aliphatic heterocycles. The molecule has 72 valence electrons. The lowest BCUT2D eigenvalue weighted by Gasteiger charge is -2.02. The molecule has 1 saturated heterocycles. The minimum atomic E-state index is 0.847. The molecule has 3 nitrogen and oxygen atoms in total. The van der Waals surface area contributed by atoms with Gasteiger partial charge in [0.05, 0.1) is 5.69 Å². The Morgan fingerprint density at radius 2 is 1.93 bits per heavy atom. The first kappa shape index (κ1) is 8.81. The van der Waals surface area contributed by atoms with Crippen molar-refractivity contribution < 1.29 is 0 Å². The summed E-state index contributed by atoms with van der Waals surface area (Å²) in [7, 11) is 0. The second kappa shape index (κ2) is 3.96. The molecule has 1 aromatic carbocycles. The topological polar surface area (TPSA) is 36.4 Å². The fourth-order valence-electron chi connectivity index (χ4n) is 1.39. The van der Waals surface area contributed by atoms with Gasteiger partial charge in [0.2, 0.25) is 0 Å². The molecule has 0 aromatic heterocycles. The molecule has 1 fully saturated rings. The summed E-state index contributed by atoms with van der Waals surface area (Å²) in [6.45, 7) is 5.64. The molecular weight excluding hydrogens is 174 g/mol. The van der Waals surface area contributed by atoms with E-state index in [1.165, 1.54) is 0 Å². The Labute approximate surface area is 83.6 Å². The number of nitrogens with zero attached hydrogens (tertiary/aromatic N) is 1. The first-order valence-corrected chi connectivity index (χ1v) is 4.68. The maximum atomic E-state index is 4.45. The van der Waals surface area contributed by atoms with E-state index in [0.717, 1.165) is 30.3 Å². The molecule has 0 bridgehead atoms. The normalized spacial score (nSPS) is 14.4. The van der Waals surface area contributed by atoms with Crippen LogP contribution in [0.4, 0.5) is 5.69 Å². The Kier molecular flexibility index (Phi) is 2.49. The van der Waals surface area contributed by atoms with E-state index in [-0.39, 0.29) is 0 Å². The standard InChI is InChI=1S/C11H13N3/c1-2-9-5-3-4-6-10(9)14-11-12-7-8-13-11/h2-6H,1,7-8H2,(H2,12,13,14). The first-order valence-electron chi connectivity index (χ1n) is 4.68. The van der Waals surface area contributed by atoms with Crippen molar-refractivity contribution in [3.8, 4) is 0 Å². The van der Waals surface area contributed by atoms with Crippen LogP contribution in [0.25, 0.3) is 6.08 Å². The number of hydrogen-bond donors (Lipinski definition) is 2. The lowest BCUT2D eigenvalue weighted by atomic mass is 10.2. The van der Waals surface area contributed by atoms with Gasteiger partial charge in [-0.1, -0.05) is 30.9 Å². The SMILES string of the molecule is C=Cc1ccccc1N=C1NCCN1. The number of nitrogens with one attached hydrogen (secondary N) is 2. The van der Waals surface area contributed by atoms with Gasteiger partial charge >= 0.3 is 0 Å². The zero-order valence-electron chi connectivity index (χ0n) is 7.96. The molecule has 2 rings (SSSR count). The van der Waals surface area contributed by atoms with Crippen molar-refractivity contribution in [1.29, 1.82) is 0 Å². The Hall–Kier alpha value is -1.77. The second-order valence-corrected chi connectivity index (χ2v) is 3.08. The second-order valence-electron chi connectivity index (χ2n) is 3.08. The van der Waals surface area contributed by atoms with Gasteiger partial charge in [-0.2, -0.15) is 0 Å². The van der Waals surface area contributed by atoms with E-state index < -0.39 is 0 Å². The van der Waals surface area contributed by atoms with Gasteiger partial charge in [-0.3, -0.25) is 0 Å². The van der Waals surface area contributed by atoms with Gasteiger partial charge in [0.1, 0.15) is 0 Å². The number of aliphatic imine (C=N–C) groups is 1. The summed E-state index contributed by atoms with van der Waals surface area (Å²) in [4.78, 5) is 4.45. The molecule has 14 heavy (non-hydrogen) atoms. The van der Waals surface area contributed by atoms with Crippen LogP contribution in [0.2, 0.25) is 0 Å². The van der Waals surface area contributed by atoms with Crippen molar-refractivity contribution in [2.45, 2.75) is 0 Å². The minimum absolute atomic E-state index is 0.847. The van der Waals surface area contributed by atoms with Crippen molar-refractivity contribution in [2.24, 2.45) is 4.99 Å². The van der Waals surface area contributed by atoms with E-state index in [1.54, 1.807) is 0 Å². The van der Waals surface area contributed by atoms with Crippen LogP contribution in [-0.2, 0) is 0 Å². The fourth-order valence-corrected chi connectivity index (χ4v) is 1.39. The quantitative estimate of drug-likeness (QED) is 0.736. The van der Waals surface area contributed by atoms with Crippen molar-refractivity contribution in [1.82, 2.24) is 10.6 Å². The number of rotatable bonds is 2. The number of benzene rings is 1. The fraction of sp³-hybridized carbons (Fsp3) is 0.182. The lowest BCUT2D eigenvalue weighted by molar-refractivity contribution is 0.942. The highest BCUT2D eigenvalue weighted by Crippen LogP contribution is 2.19. The van der Waals surface area contributed by atoms with E-state index in [9.17, 15) is 0 Å². The molecule has 0 spiro atoms. The predicted octanol–water partition coefficient (Wildman–Crippen LogP) is 1.51. The summed E-state index contributed by atoms with van der Waals surface area (Å²) >= 11 is 0. The third-order valence-electron chi connectivity index (χ3n) is 2.10. The van der Waals surface area contributed by atoms with E-state index in [0.29, 0.717) is 0 Å². The van der Waals surface area contributed by atoms with Crippen LogP contribution in [0.5, 0.6) is 0 Å². The summed E-state index contributed by atoms with van der Waals surface area (Å²) in [5.41, 5.74) is 2.00. The van der Waals surface area contributed by atoms with Gasteiger partial charge in [-0.25, -0.2) is 4.99 Å². The van der Waals surface area contributed by atoms with Crippen LogP contribution < -0.4 is 10.6 Å². The smallest absolute Gasteiger partial charge is 0.196 e. The summed E-state index contributed by atoms with van der Waals surface area (Å²) in [5, 5.41) is 6.32. The van der Waals surface area contributed by atoms with Crippen molar-refractivity contribution in [3.05, 3.63) is 36.4 Å². The average Bonchev–Trinajstić information content (AvgIpc) is 2.71.